The maximum Gasteiger partial charge on any atom is 0.243 e. The summed E-state index contributed by atoms with van der Waals surface area (Å²) in [6.45, 7) is 5.38. The van der Waals surface area contributed by atoms with Gasteiger partial charge in [-0.1, -0.05) is 41.4 Å². The van der Waals surface area contributed by atoms with E-state index >= 15 is 0 Å². The minimum Gasteiger partial charge on any atom is -0.492 e. The average molecular weight is 451 g/mol. The van der Waals surface area contributed by atoms with E-state index in [-0.39, 0.29) is 21.7 Å². The van der Waals surface area contributed by atoms with Crippen LogP contribution in [0.1, 0.15) is 30.9 Å². The zero-order valence-corrected chi connectivity index (χ0v) is 18.8. The number of amides is 1. The van der Waals surface area contributed by atoms with Crippen molar-refractivity contribution in [3.05, 3.63) is 58.6 Å². The van der Waals surface area contributed by atoms with Gasteiger partial charge in [0, 0.05) is 25.6 Å². The average Bonchev–Trinajstić information content (AvgIpc) is 2.74. The van der Waals surface area contributed by atoms with Gasteiger partial charge in [0.25, 0.3) is 0 Å². The van der Waals surface area contributed by atoms with Crippen LogP contribution in [0, 0.1) is 12.8 Å². The molecule has 1 aliphatic rings. The normalized spacial score (nSPS) is 15.7. The van der Waals surface area contributed by atoms with E-state index in [1.807, 2.05) is 38.1 Å². The second kappa shape index (κ2) is 9.81. The highest BCUT2D eigenvalue weighted by atomic mass is 35.5. The molecule has 2 aromatic carbocycles. The summed E-state index contributed by atoms with van der Waals surface area (Å²) in [6, 6.07) is 12.5. The SMILES string of the molecule is CCOc1ccc(S(=O)(=O)N2CCC(C(=O)NCc3ccc(C)cc3)CC2)cc1Cl. The number of hydrogen-bond acceptors (Lipinski definition) is 4. The van der Waals surface area contributed by atoms with Gasteiger partial charge in [0.15, 0.2) is 0 Å². The molecular weight excluding hydrogens is 424 g/mol. The van der Waals surface area contributed by atoms with Gasteiger partial charge in [-0.2, -0.15) is 4.31 Å². The number of hydrogen-bond donors (Lipinski definition) is 1. The van der Waals surface area contributed by atoms with Gasteiger partial charge in [0.1, 0.15) is 5.75 Å². The van der Waals surface area contributed by atoms with E-state index in [4.69, 9.17) is 16.3 Å². The van der Waals surface area contributed by atoms with Crippen LogP contribution in [0.25, 0.3) is 0 Å². The maximum atomic E-state index is 12.9. The van der Waals surface area contributed by atoms with Gasteiger partial charge >= 0.3 is 0 Å². The number of ether oxygens (including phenoxy) is 1. The molecule has 2 aromatic rings. The Balaban J connectivity index is 1.56. The summed E-state index contributed by atoms with van der Waals surface area (Å²) in [5.41, 5.74) is 2.22. The van der Waals surface area contributed by atoms with Crippen molar-refractivity contribution in [2.24, 2.45) is 5.92 Å². The fourth-order valence-corrected chi connectivity index (χ4v) is 5.26. The van der Waals surface area contributed by atoms with Gasteiger partial charge < -0.3 is 10.1 Å². The van der Waals surface area contributed by atoms with E-state index in [0.29, 0.717) is 44.8 Å². The molecule has 0 spiro atoms. The topological polar surface area (TPSA) is 75.7 Å². The minimum atomic E-state index is -3.66. The Morgan fingerprint density at radius 1 is 1.17 bits per heavy atom. The minimum absolute atomic E-state index is 0.0308. The first-order valence-corrected chi connectivity index (χ1v) is 11.9. The Morgan fingerprint density at radius 3 is 2.43 bits per heavy atom. The molecule has 3 rings (SSSR count). The molecule has 1 saturated heterocycles. The largest absolute Gasteiger partial charge is 0.492 e. The molecule has 0 bridgehead atoms. The number of rotatable bonds is 7. The molecule has 0 aliphatic carbocycles. The molecule has 0 aromatic heterocycles. The zero-order chi connectivity index (χ0) is 21.7. The number of carbonyl (C=O) groups is 1. The van der Waals surface area contributed by atoms with E-state index in [1.165, 1.54) is 22.0 Å². The summed E-state index contributed by atoms with van der Waals surface area (Å²) in [5, 5.41) is 3.23. The summed E-state index contributed by atoms with van der Waals surface area (Å²) in [7, 11) is -3.66. The van der Waals surface area contributed by atoms with E-state index in [2.05, 4.69) is 5.32 Å². The van der Waals surface area contributed by atoms with E-state index in [9.17, 15) is 13.2 Å². The first kappa shape index (κ1) is 22.6. The third kappa shape index (κ3) is 5.33. The lowest BCUT2D eigenvalue weighted by molar-refractivity contribution is -0.126. The lowest BCUT2D eigenvalue weighted by Crippen LogP contribution is -2.42. The van der Waals surface area contributed by atoms with Crippen LogP contribution < -0.4 is 10.1 Å². The Labute approximate surface area is 183 Å². The Kier molecular flexibility index (Phi) is 7.39. The number of nitrogens with one attached hydrogen (secondary N) is 1. The number of nitrogens with zero attached hydrogens (tertiary/aromatic N) is 1. The number of benzene rings is 2. The van der Waals surface area contributed by atoms with Gasteiger partial charge in [0.2, 0.25) is 15.9 Å². The first-order valence-electron chi connectivity index (χ1n) is 10.1. The summed E-state index contributed by atoms with van der Waals surface area (Å²) in [5.74, 6) is 0.240. The molecule has 0 unspecified atom stereocenters. The maximum absolute atomic E-state index is 12.9. The van der Waals surface area contributed by atoms with Crippen LogP contribution in [0.5, 0.6) is 5.75 Å². The van der Waals surface area contributed by atoms with E-state index < -0.39 is 10.0 Å². The van der Waals surface area contributed by atoms with E-state index in [1.54, 1.807) is 6.07 Å². The molecule has 0 atom stereocenters. The smallest absolute Gasteiger partial charge is 0.243 e. The summed E-state index contributed by atoms with van der Waals surface area (Å²) in [4.78, 5) is 12.6. The quantitative estimate of drug-likeness (QED) is 0.696. The molecule has 0 saturated carbocycles. The van der Waals surface area contributed by atoms with Crippen LogP contribution in [0.3, 0.4) is 0 Å². The highest BCUT2D eigenvalue weighted by Crippen LogP contribution is 2.30. The van der Waals surface area contributed by atoms with Crippen LogP contribution in [-0.4, -0.2) is 38.3 Å². The molecular formula is C22H27ClN2O4S. The van der Waals surface area contributed by atoms with Crippen molar-refractivity contribution in [1.29, 1.82) is 0 Å². The van der Waals surface area contributed by atoms with Crippen molar-refractivity contribution in [2.45, 2.75) is 38.1 Å². The zero-order valence-electron chi connectivity index (χ0n) is 17.2. The van der Waals surface area contributed by atoms with Crippen molar-refractivity contribution in [3.8, 4) is 5.75 Å². The Morgan fingerprint density at radius 2 is 1.83 bits per heavy atom. The van der Waals surface area contributed by atoms with Crippen molar-refractivity contribution in [2.75, 3.05) is 19.7 Å². The van der Waals surface area contributed by atoms with Gasteiger partial charge in [0.05, 0.1) is 16.5 Å². The van der Waals surface area contributed by atoms with Crippen molar-refractivity contribution in [1.82, 2.24) is 9.62 Å². The molecule has 1 aliphatic heterocycles. The van der Waals surface area contributed by atoms with Gasteiger partial charge in [-0.25, -0.2) is 8.42 Å². The summed E-state index contributed by atoms with van der Waals surface area (Å²) < 4.78 is 32.7. The van der Waals surface area contributed by atoms with Crippen molar-refractivity contribution < 1.29 is 17.9 Å². The third-order valence-corrected chi connectivity index (χ3v) is 7.44. The lowest BCUT2D eigenvalue weighted by Gasteiger charge is -2.30. The van der Waals surface area contributed by atoms with Crippen LogP contribution >= 0.6 is 11.6 Å². The number of aryl methyl sites for hydroxylation is 1. The lowest BCUT2D eigenvalue weighted by atomic mass is 9.97. The van der Waals surface area contributed by atoms with Gasteiger partial charge in [-0.05, 0) is 50.5 Å². The fourth-order valence-electron chi connectivity index (χ4n) is 3.46. The molecule has 1 amide bonds. The second-order valence-corrected chi connectivity index (χ2v) is 9.75. The van der Waals surface area contributed by atoms with Crippen LogP contribution in [0.15, 0.2) is 47.4 Å². The molecule has 1 heterocycles. The molecule has 1 N–H and O–H groups in total. The van der Waals surface area contributed by atoms with Crippen LogP contribution in [0.2, 0.25) is 5.02 Å². The molecule has 30 heavy (non-hydrogen) atoms. The molecule has 8 heteroatoms. The fraction of sp³-hybridized carbons (Fsp3) is 0.409. The monoisotopic (exact) mass is 450 g/mol. The standard InChI is InChI=1S/C22H27ClN2O4S/c1-3-29-21-9-8-19(14-20(21)23)30(27,28)25-12-10-18(11-13-25)22(26)24-15-17-6-4-16(2)5-7-17/h4-9,14,18H,3,10-13,15H2,1-2H3,(H,24,26). The molecule has 0 radical (unpaired) electrons. The number of carbonyl (C=O) groups excluding carboxylic acids is 1. The first-order chi connectivity index (χ1) is 14.3. The van der Waals surface area contributed by atoms with Gasteiger partial charge in [-0.15, -0.1) is 0 Å². The van der Waals surface area contributed by atoms with E-state index in [0.717, 1.165) is 5.56 Å². The molecule has 1 fully saturated rings. The van der Waals surface area contributed by atoms with Crippen molar-refractivity contribution >= 4 is 27.5 Å². The number of halogens is 1. The summed E-state index contributed by atoms with van der Waals surface area (Å²) >= 11 is 6.15. The molecule has 162 valence electrons. The summed E-state index contributed by atoms with van der Waals surface area (Å²) in [6.07, 6.45) is 0.980. The highest BCUT2D eigenvalue weighted by molar-refractivity contribution is 7.89. The Hall–Kier alpha value is -2.09. The third-order valence-electron chi connectivity index (χ3n) is 5.25. The van der Waals surface area contributed by atoms with Crippen LogP contribution in [0.4, 0.5) is 0 Å². The highest BCUT2D eigenvalue weighted by Gasteiger charge is 2.32. The predicted octanol–water partition coefficient (Wildman–Crippen LogP) is 3.76. The van der Waals surface area contributed by atoms with Crippen molar-refractivity contribution in [3.63, 3.8) is 0 Å². The predicted molar refractivity (Wildman–Crippen MR) is 117 cm³/mol. The Bertz CT molecular complexity index is 985. The van der Waals surface area contributed by atoms with Crippen LogP contribution in [-0.2, 0) is 21.4 Å². The van der Waals surface area contributed by atoms with Gasteiger partial charge in [-0.3, -0.25) is 4.79 Å². The molecule has 6 nitrogen and oxygen atoms in total. The number of sulfonamides is 1. The second-order valence-electron chi connectivity index (χ2n) is 7.41. The number of piperidine rings is 1.